The monoisotopic (exact) mass is 289 g/mol. The molecule has 1 aliphatic carbocycles. The normalized spacial score (nSPS) is 27.4. The largest absolute Gasteiger partial charge is 0.306 e. The first kappa shape index (κ1) is 10.3. The Morgan fingerprint density at radius 2 is 2.33 bits per heavy atom. The average molecular weight is 289 g/mol. The summed E-state index contributed by atoms with van der Waals surface area (Å²) in [6.07, 6.45) is 0.286. The van der Waals surface area contributed by atoms with Crippen LogP contribution in [0, 0.1) is 0 Å². The van der Waals surface area contributed by atoms with Crippen molar-refractivity contribution in [2.75, 3.05) is 6.54 Å². The van der Waals surface area contributed by atoms with Crippen molar-refractivity contribution in [3.05, 3.63) is 0 Å². The lowest BCUT2D eigenvalue weighted by atomic mass is 10.2. The third-order valence-corrected chi connectivity index (χ3v) is 2.31. The molecule has 12 heavy (non-hydrogen) atoms. The molecular formula is C7H10F2INO. The van der Waals surface area contributed by atoms with E-state index in [0.29, 0.717) is 6.42 Å². The lowest BCUT2D eigenvalue weighted by Gasteiger charge is -2.10. The number of hydrogen-bond acceptors (Lipinski definition) is 2. The Kier molecular flexibility index (Phi) is 3.39. The molecule has 1 aliphatic rings. The Morgan fingerprint density at radius 3 is 2.75 bits per heavy atom. The molecule has 0 spiro atoms. The highest BCUT2D eigenvalue weighted by molar-refractivity contribution is 14.1. The van der Waals surface area contributed by atoms with E-state index in [1.54, 1.807) is 22.6 Å². The predicted molar refractivity (Wildman–Crippen MR) is 49.6 cm³/mol. The van der Waals surface area contributed by atoms with E-state index in [0.717, 1.165) is 0 Å². The molecular weight excluding hydrogens is 279 g/mol. The Bertz CT molecular complexity index is 186. The van der Waals surface area contributed by atoms with Crippen molar-refractivity contribution in [2.45, 2.75) is 31.2 Å². The van der Waals surface area contributed by atoms with E-state index in [1.165, 1.54) is 0 Å². The molecule has 1 fully saturated rings. The fourth-order valence-corrected chi connectivity index (χ4v) is 1.57. The summed E-state index contributed by atoms with van der Waals surface area (Å²) in [6, 6.07) is -0.182. The van der Waals surface area contributed by atoms with Crippen LogP contribution in [-0.4, -0.2) is 22.3 Å². The minimum atomic E-state index is -2.52. The molecule has 0 aromatic carbocycles. The molecule has 5 heteroatoms. The molecule has 0 heterocycles. The summed E-state index contributed by atoms with van der Waals surface area (Å²) >= 11 is 1.65. The summed E-state index contributed by atoms with van der Waals surface area (Å²) in [4.78, 5) is 10.5. The first-order valence-corrected chi connectivity index (χ1v) is 4.87. The van der Waals surface area contributed by atoms with Gasteiger partial charge in [-0.25, -0.2) is 8.78 Å². The Labute approximate surface area is 83.2 Å². The zero-order valence-electron chi connectivity index (χ0n) is 6.45. The lowest BCUT2D eigenvalue weighted by molar-refractivity contribution is -0.108. The first-order chi connectivity index (χ1) is 5.49. The predicted octanol–water partition coefficient (Wildman–Crippen LogP) is 1.73. The van der Waals surface area contributed by atoms with Gasteiger partial charge in [0.25, 0.3) is 0 Å². The maximum absolute atomic E-state index is 12.6. The van der Waals surface area contributed by atoms with Gasteiger partial charge in [0.2, 0.25) is 9.71 Å². The zero-order valence-corrected chi connectivity index (χ0v) is 8.61. The number of carbonyl (C=O) groups excluding carboxylic acids is 1. The summed E-state index contributed by atoms with van der Waals surface area (Å²) in [6.45, 7) is 0.196. The highest BCUT2D eigenvalue weighted by Gasteiger charge is 2.39. The van der Waals surface area contributed by atoms with Gasteiger partial charge in [-0.2, -0.15) is 0 Å². The van der Waals surface area contributed by atoms with Crippen molar-refractivity contribution in [3.63, 3.8) is 0 Å². The van der Waals surface area contributed by atoms with Gasteiger partial charge in [0.1, 0.15) is 0 Å². The van der Waals surface area contributed by atoms with Crippen molar-refractivity contribution < 1.29 is 13.6 Å². The van der Waals surface area contributed by atoms with Crippen LogP contribution in [0.5, 0.6) is 0 Å². The van der Waals surface area contributed by atoms with Crippen LogP contribution in [0.3, 0.4) is 0 Å². The SMILES string of the molecule is O=C(I)CN[C@@H]1CCC(F)(F)C1. The molecule has 0 unspecified atom stereocenters. The van der Waals surface area contributed by atoms with Crippen LogP contribution in [0.1, 0.15) is 19.3 Å². The maximum Gasteiger partial charge on any atom is 0.249 e. The molecule has 0 radical (unpaired) electrons. The minimum Gasteiger partial charge on any atom is -0.306 e. The van der Waals surface area contributed by atoms with Gasteiger partial charge in [-0.05, 0) is 6.42 Å². The summed E-state index contributed by atoms with van der Waals surface area (Å²) in [5, 5.41) is 2.80. The molecule has 1 rings (SSSR count). The Morgan fingerprint density at radius 1 is 1.67 bits per heavy atom. The maximum atomic E-state index is 12.6. The second kappa shape index (κ2) is 3.95. The molecule has 2 nitrogen and oxygen atoms in total. The third-order valence-electron chi connectivity index (χ3n) is 1.93. The Balaban J connectivity index is 2.24. The molecule has 0 amide bonds. The van der Waals surface area contributed by atoms with Gasteiger partial charge in [0.05, 0.1) is 6.54 Å². The lowest BCUT2D eigenvalue weighted by Crippen LogP contribution is -2.31. The molecule has 0 aliphatic heterocycles. The summed E-state index contributed by atoms with van der Waals surface area (Å²) in [5.41, 5.74) is 0. The standard InChI is InChI=1S/C7H10F2INO/c8-7(9)2-1-5(3-7)11-4-6(10)12/h5,11H,1-4H2/t5-/m1/s1. The smallest absolute Gasteiger partial charge is 0.249 e. The van der Waals surface area contributed by atoms with E-state index in [9.17, 15) is 13.6 Å². The van der Waals surface area contributed by atoms with Gasteiger partial charge >= 0.3 is 0 Å². The van der Waals surface area contributed by atoms with E-state index in [4.69, 9.17) is 0 Å². The van der Waals surface area contributed by atoms with Crippen LogP contribution in [0.15, 0.2) is 0 Å². The van der Waals surface area contributed by atoms with Crippen LogP contribution in [0.25, 0.3) is 0 Å². The van der Waals surface area contributed by atoms with Crippen molar-refractivity contribution >= 4 is 26.4 Å². The number of alkyl halides is 2. The molecule has 1 saturated carbocycles. The quantitative estimate of drug-likeness (QED) is 0.633. The number of halogens is 3. The van der Waals surface area contributed by atoms with Gasteiger partial charge in [-0.15, -0.1) is 0 Å². The van der Waals surface area contributed by atoms with Crippen molar-refractivity contribution in [1.82, 2.24) is 5.32 Å². The van der Waals surface area contributed by atoms with E-state index in [1.807, 2.05) is 0 Å². The second-order valence-electron chi connectivity index (χ2n) is 3.03. The summed E-state index contributed by atoms with van der Waals surface area (Å²) in [5.74, 6) is -2.52. The van der Waals surface area contributed by atoms with E-state index in [2.05, 4.69) is 5.32 Å². The van der Waals surface area contributed by atoms with Crippen molar-refractivity contribution in [1.29, 1.82) is 0 Å². The summed E-state index contributed by atoms with van der Waals surface area (Å²) < 4.78 is 25.1. The molecule has 1 atom stereocenters. The van der Waals surface area contributed by atoms with Crippen LogP contribution in [-0.2, 0) is 4.79 Å². The van der Waals surface area contributed by atoms with Crippen LogP contribution in [0.4, 0.5) is 8.78 Å². The second-order valence-corrected chi connectivity index (χ2v) is 4.23. The molecule has 70 valence electrons. The van der Waals surface area contributed by atoms with Gasteiger partial charge < -0.3 is 5.32 Å². The number of rotatable bonds is 3. The highest BCUT2D eigenvalue weighted by atomic mass is 127. The van der Waals surface area contributed by atoms with Crippen LogP contribution >= 0.6 is 22.6 Å². The average Bonchev–Trinajstić information content (AvgIpc) is 2.26. The van der Waals surface area contributed by atoms with Crippen molar-refractivity contribution in [3.8, 4) is 0 Å². The summed E-state index contributed by atoms with van der Waals surface area (Å²) in [7, 11) is 0. The first-order valence-electron chi connectivity index (χ1n) is 3.79. The minimum absolute atomic E-state index is 0.0391. The number of hydrogen-bond donors (Lipinski definition) is 1. The topological polar surface area (TPSA) is 29.1 Å². The van der Waals surface area contributed by atoms with E-state index < -0.39 is 5.92 Å². The van der Waals surface area contributed by atoms with Crippen molar-refractivity contribution in [2.24, 2.45) is 0 Å². The number of carbonyl (C=O) groups is 1. The van der Waals surface area contributed by atoms with E-state index >= 15 is 0 Å². The van der Waals surface area contributed by atoms with Gasteiger partial charge in [-0.1, -0.05) is 0 Å². The van der Waals surface area contributed by atoms with Gasteiger partial charge in [0.15, 0.2) is 0 Å². The number of nitrogens with one attached hydrogen (secondary N) is 1. The molecule has 1 N–H and O–H groups in total. The Hall–Kier alpha value is 0.220. The fourth-order valence-electron chi connectivity index (χ4n) is 1.35. The highest BCUT2D eigenvalue weighted by Crippen LogP contribution is 2.34. The van der Waals surface area contributed by atoms with Crippen LogP contribution < -0.4 is 5.32 Å². The van der Waals surface area contributed by atoms with E-state index in [-0.39, 0.29) is 29.2 Å². The fraction of sp³-hybridized carbons (Fsp3) is 0.857. The van der Waals surface area contributed by atoms with Crippen LogP contribution in [0.2, 0.25) is 0 Å². The zero-order chi connectivity index (χ0) is 9.19. The van der Waals surface area contributed by atoms with Gasteiger partial charge in [-0.3, -0.25) is 4.79 Å². The molecule has 0 saturated heterocycles. The third kappa shape index (κ3) is 3.30. The molecule has 0 aromatic rings. The molecule has 0 aromatic heterocycles. The van der Waals surface area contributed by atoms with Gasteiger partial charge in [0, 0.05) is 41.5 Å². The molecule has 0 bridgehead atoms.